The topological polar surface area (TPSA) is 85.8 Å². The van der Waals surface area contributed by atoms with Gasteiger partial charge in [0.05, 0.1) is 23.7 Å². The highest BCUT2D eigenvalue weighted by atomic mass is 32.2. The number of hydrogen-bond donors (Lipinski definition) is 1. The number of hydrogen-bond acceptors (Lipinski definition) is 6. The van der Waals surface area contributed by atoms with Crippen LogP contribution in [0.25, 0.3) is 22.4 Å². The molecule has 0 fully saturated rings. The van der Waals surface area contributed by atoms with Crippen molar-refractivity contribution in [3.63, 3.8) is 0 Å². The first-order valence-electron chi connectivity index (χ1n) is 11.4. The Hall–Kier alpha value is -3.99. The van der Waals surface area contributed by atoms with E-state index in [9.17, 15) is 13.6 Å². The van der Waals surface area contributed by atoms with Gasteiger partial charge in [0.2, 0.25) is 5.91 Å². The van der Waals surface area contributed by atoms with Crippen LogP contribution in [-0.4, -0.2) is 42.5 Å². The van der Waals surface area contributed by atoms with E-state index >= 15 is 0 Å². The van der Waals surface area contributed by atoms with Gasteiger partial charge in [-0.25, -0.2) is 13.3 Å². The second-order valence-corrected chi connectivity index (χ2v) is 8.96. The number of halogens is 2. The zero-order valence-corrected chi connectivity index (χ0v) is 20.1. The predicted molar refractivity (Wildman–Crippen MR) is 133 cm³/mol. The smallest absolute Gasteiger partial charge is 0.234 e. The van der Waals surface area contributed by atoms with Crippen molar-refractivity contribution in [1.82, 2.24) is 24.2 Å². The number of carbonyl (C=O) groups excluding carboxylic acids is 1. The summed E-state index contributed by atoms with van der Waals surface area (Å²) in [5, 5.41) is 16.0. The molecule has 0 bridgehead atoms. The number of rotatable bonds is 9. The van der Waals surface area contributed by atoms with Crippen LogP contribution < -0.4 is 10.1 Å². The molecule has 1 amide bonds. The number of anilines is 1. The molecule has 5 rings (SSSR count). The minimum atomic E-state index is -0.834. The highest BCUT2D eigenvalue weighted by molar-refractivity contribution is 7.99. The first-order valence-corrected chi connectivity index (χ1v) is 12.3. The molecule has 0 saturated heterocycles. The fraction of sp³-hybridized carbons (Fsp3) is 0.200. The number of amides is 1. The Bertz CT molecular complexity index is 1530. The fourth-order valence-corrected chi connectivity index (χ4v) is 4.31. The molecular formula is C25H22F2N6O2S. The van der Waals surface area contributed by atoms with Gasteiger partial charge in [0.15, 0.2) is 10.8 Å². The van der Waals surface area contributed by atoms with Crippen molar-refractivity contribution in [3.8, 4) is 17.0 Å². The zero-order valence-electron chi connectivity index (χ0n) is 19.3. The van der Waals surface area contributed by atoms with Gasteiger partial charge in [0, 0.05) is 24.0 Å². The van der Waals surface area contributed by atoms with Crippen molar-refractivity contribution in [2.24, 2.45) is 0 Å². The Morgan fingerprint density at radius 1 is 1.08 bits per heavy atom. The Kier molecular flexibility index (Phi) is 6.81. The van der Waals surface area contributed by atoms with Crippen LogP contribution in [0.1, 0.15) is 19.8 Å². The number of thioether (sulfide) groups is 1. The van der Waals surface area contributed by atoms with E-state index in [-0.39, 0.29) is 11.4 Å². The Labute approximate surface area is 209 Å². The van der Waals surface area contributed by atoms with Crippen molar-refractivity contribution in [2.75, 3.05) is 17.7 Å². The van der Waals surface area contributed by atoms with E-state index in [1.54, 1.807) is 21.3 Å². The summed E-state index contributed by atoms with van der Waals surface area (Å²) in [5.41, 5.74) is 2.98. The summed E-state index contributed by atoms with van der Waals surface area (Å²) in [6, 6.07) is 12.7. The van der Waals surface area contributed by atoms with Crippen molar-refractivity contribution in [2.45, 2.75) is 24.9 Å². The molecule has 0 unspecified atom stereocenters. The summed E-state index contributed by atoms with van der Waals surface area (Å²) >= 11 is 1.15. The van der Waals surface area contributed by atoms with Crippen LogP contribution in [0.4, 0.5) is 14.5 Å². The first kappa shape index (κ1) is 23.7. The fourth-order valence-electron chi connectivity index (χ4n) is 3.59. The van der Waals surface area contributed by atoms with Gasteiger partial charge in [-0.2, -0.15) is 5.10 Å². The van der Waals surface area contributed by atoms with Crippen molar-refractivity contribution in [1.29, 1.82) is 0 Å². The van der Waals surface area contributed by atoms with Crippen LogP contribution in [0, 0.1) is 11.6 Å². The van der Waals surface area contributed by atoms with Crippen LogP contribution in [-0.2, 0) is 4.79 Å². The number of fused-ring (bicyclic) bond motifs is 3. The quantitative estimate of drug-likeness (QED) is 0.217. The van der Waals surface area contributed by atoms with E-state index in [0.29, 0.717) is 17.4 Å². The Morgan fingerprint density at radius 2 is 1.92 bits per heavy atom. The maximum Gasteiger partial charge on any atom is 0.234 e. The van der Waals surface area contributed by atoms with Gasteiger partial charge in [-0.15, -0.1) is 10.2 Å². The molecule has 0 aliphatic rings. The average Bonchev–Trinajstić information content (AvgIpc) is 3.49. The van der Waals surface area contributed by atoms with E-state index in [2.05, 4.69) is 27.5 Å². The molecule has 3 heterocycles. The molecule has 0 radical (unpaired) electrons. The third-order valence-electron chi connectivity index (χ3n) is 5.44. The molecule has 36 heavy (non-hydrogen) atoms. The second kappa shape index (κ2) is 10.3. The molecule has 0 saturated carbocycles. The van der Waals surface area contributed by atoms with Gasteiger partial charge < -0.3 is 10.1 Å². The summed E-state index contributed by atoms with van der Waals surface area (Å²) in [6.07, 6.45) is 5.65. The van der Waals surface area contributed by atoms with Crippen molar-refractivity contribution < 1.29 is 18.3 Å². The number of benzene rings is 2. The van der Waals surface area contributed by atoms with Gasteiger partial charge in [0.25, 0.3) is 0 Å². The molecule has 0 atom stereocenters. The Balaban J connectivity index is 1.30. The lowest BCUT2D eigenvalue weighted by atomic mass is 10.1. The van der Waals surface area contributed by atoms with Gasteiger partial charge in [-0.1, -0.05) is 25.1 Å². The largest absolute Gasteiger partial charge is 0.494 e. The molecule has 0 spiro atoms. The summed E-state index contributed by atoms with van der Waals surface area (Å²) in [6.45, 7) is 2.82. The maximum atomic E-state index is 13.8. The van der Waals surface area contributed by atoms with Gasteiger partial charge in [0.1, 0.15) is 22.9 Å². The highest BCUT2D eigenvalue weighted by Gasteiger charge is 2.15. The SMILES string of the molecule is CCCCOc1ccc(-c2cc3c4nnc(SCC(=O)Nc5ccc(F)cc5F)n4ccn3n2)cc1. The van der Waals surface area contributed by atoms with Crippen LogP contribution >= 0.6 is 11.8 Å². The molecule has 0 aliphatic carbocycles. The van der Waals surface area contributed by atoms with E-state index in [4.69, 9.17) is 4.74 Å². The molecule has 3 aromatic heterocycles. The van der Waals surface area contributed by atoms with Crippen LogP contribution in [0.5, 0.6) is 5.75 Å². The van der Waals surface area contributed by atoms with Crippen LogP contribution in [0.15, 0.2) is 66.1 Å². The standard InChI is InChI=1S/C25H22F2N6O2S/c1-2-3-12-35-18-7-4-16(5-8-18)21-14-22-24-29-30-25(32(24)10-11-33(22)31-21)36-15-23(34)28-20-9-6-17(26)13-19(20)27/h4-11,13-14H,2-3,12,15H2,1H3,(H,28,34). The number of nitrogens with zero attached hydrogens (tertiary/aromatic N) is 5. The van der Waals surface area contributed by atoms with Crippen molar-refractivity contribution in [3.05, 3.63) is 72.6 Å². The molecule has 2 aromatic carbocycles. The lowest BCUT2D eigenvalue weighted by Crippen LogP contribution is -2.15. The average molecular weight is 509 g/mol. The second-order valence-electron chi connectivity index (χ2n) is 8.02. The van der Waals surface area contributed by atoms with Gasteiger partial charge >= 0.3 is 0 Å². The number of aromatic nitrogens is 5. The first-order chi connectivity index (χ1) is 17.5. The zero-order chi connectivity index (χ0) is 25.1. The Morgan fingerprint density at radius 3 is 2.69 bits per heavy atom. The van der Waals surface area contributed by atoms with Crippen LogP contribution in [0.3, 0.4) is 0 Å². The highest BCUT2D eigenvalue weighted by Crippen LogP contribution is 2.26. The molecular weight excluding hydrogens is 486 g/mol. The summed E-state index contributed by atoms with van der Waals surface area (Å²) in [5.74, 6) is -1.20. The molecule has 184 valence electrons. The normalized spacial score (nSPS) is 11.3. The number of nitrogens with one attached hydrogen (secondary N) is 1. The molecule has 11 heteroatoms. The number of ether oxygens (including phenoxy) is 1. The van der Waals surface area contributed by atoms with E-state index < -0.39 is 17.5 Å². The molecule has 1 N–H and O–H groups in total. The molecule has 5 aromatic rings. The van der Waals surface area contributed by atoms with Crippen LogP contribution in [0.2, 0.25) is 0 Å². The predicted octanol–water partition coefficient (Wildman–Crippen LogP) is 5.23. The van der Waals surface area contributed by atoms with Crippen molar-refractivity contribution >= 4 is 34.5 Å². The van der Waals surface area contributed by atoms with E-state index in [0.717, 1.165) is 59.3 Å². The minimum absolute atomic E-state index is 0.0278. The third kappa shape index (κ3) is 5.01. The maximum absolute atomic E-state index is 13.8. The van der Waals surface area contributed by atoms with E-state index in [1.165, 1.54) is 6.07 Å². The number of carbonyl (C=O) groups is 1. The van der Waals surface area contributed by atoms with Gasteiger partial charge in [-0.3, -0.25) is 9.20 Å². The number of unbranched alkanes of at least 4 members (excludes halogenated alkanes) is 1. The van der Waals surface area contributed by atoms with Gasteiger partial charge in [-0.05, 0) is 48.9 Å². The molecule has 0 aliphatic heterocycles. The minimum Gasteiger partial charge on any atom is -0.494 e. The van der Waals surface area contributed by atoms with E-state index in [1.807, 2.05) is 30.3 Å². The summed E-state index contributed by atoms with van der Waals surface area (Å²) in [7, 11) is 0. The lowest BCUT2D eigenvalue weighted by Gasteiger charge is -2.06. The summed E-state index contributed by atoms with van der Waals surface area (Å²) < 4.78 is 36.1. The lowest BCUT2D eigenvalue weighted by molar-refractivity contribution is -0.113. The monoisotopic (exact) mass is 508 g/mol. The summed E-state index contributed by atoms with van der Waals surface area (Å²) in [4.78, 5) is 12.3. The molecule has 8 nitrogen and oxygen atoms in total. The third-order valence-corrected chi connectivity index (χ3v) is 6.38.